The summed E-state index contributed by atoms with van der Waals surface area (Å²) in [5, 5.41) is 0. The molecule has 0 aliphatic carbocycles. The zero-order valence-electron chi connectivity index (χ0n) is 6.55. The molecule has 0 saturated carbocycles. The lowest BCUT2D eigenvalue weighted by atomic mass is 10.3. The van der Waals surface area contributed by atoms with Crippen molar-refractivity contribution >= 4 is 21.6 Å². The van der Waals surface area contributed by atoms with Gasteiger partial charge in [0.15, 0.2) is 0 Å². The number of hydrogen-bond acceptors (Lipinski definition) is 2. The summed E-state index contributed by atoms with van der Waals surface area (Å²) in [7, 11) is 0. The average molecular weight is 234 g/mol. The molecule has 1 rings (SSSR count). The predicted octanol–water partition coefficient (Wildman–Crippen LogP) is 2.73. The predicted molar refractivity (Wildman–Crippen MR) is 49.8 cm³/mol. The molecule has 0 amide bonds. The second-order valence-corrected chi connectivity index (χ2v) is 3.30. The van der Waals surface area contributed by atoms with Gasteiger partial charge in [0, 0.05) is 23.2 Å². The van der Waals surface area contributed by atoms with Gasteiger partial charge in [0.05, 0.1) is 0 Å². The van der Waals surface area contributed by atoms with Crippen LogP contribution in [0.4, 0.5) is 10.1 Å². The molecule has 0 aromatic heterocycles. The Labute approximate surface area is 78.6 Å². The van der Waals surface area contributed by atoms with Gasteiger partial charge in [-0.25, -0.2) is 4.39 Å². The summed E-state index contributed by atoms with van der Waals surface area (Å²) in [5.74, 6) is 0.428. The third-order valence-electron chi connectivity index (χ3n) is 1.19. The molecule has 0 spiro atoms. The molecule has 1 aromatic carbocycles. The van der Waals surface area contributed by atoms with Gasteiger partial charge in [0.1, 0.15) is 5.75 Å². The van der Waals surface area contributed by atoms with Crippen molar-refractivity contribution in [2.45, 2.75) is 13.3 Å². The highest BCUT2D eigenvalue weighted by Gasteiger charge is 2.01. The molecule has 0 heterocycles. The van der Waals surface area contributed by atoms with Gasteiger partial charge in [0.2, 0.25) is 6.36 Å². The van der Waals surface area contributed by atoms with Crippen molar-refractivity contribution in [3.05, 3.63) is 22.7 Å². The first kappa shape index (κ1) is 9.32. The van der Waals surface area contributed by atoms with E-state index in [2.05, 4.69) is 15.9 Å². The Morgan fingerprint density at radius 1 is 1.50 bits per heavy atom. The fraction of sp³-hybridized carbons (Fsp3) is 0.250. The quantitative estimate of drug-likeness (QED) is 0.798. The molecule has 1 aromatic rings. The number of ether oxygens (including phenoxy) is 1. The molecular formula is C8H9BrFNO. The highest BCUT2D eigenvalue weighted by Crippen LogP contribution is 2.23. The van der Waals surface area contributed by atoms with Crippen LogP contribution in [0, 0.1) is 0 Å². The minimum atomic E-state index is -1.32. The third kappa shape index (κ3) is 2.70. The molecule has 0 fully saturated rings. The van der Waals surface area contributed by atoms with Crippen LogP contribution in [0.15, 0.2) is 22.7 Å². The number of rotatable bonds is 2. The number of nitrogen functional groups attached to an aromatic ring is 1. The van der Waals surface area contributed by atoms with Crippen LogP contribution in [0.5, 0.6) is 5.75 Å². The Hall–Kier alpha value is -0.770. The summed E-state index contributed by atoms with van der Waals surface area (Å²) < 4.78 is 17.9. The molecule has 2 N–H and O–H groups in total. The molecule has 0 aliphatic rings. The normalized spacial score (nSPS) is 12.6. The molecule has 1 atom stereocenters. The second kappa shape index (κ2) is 3.76. The molecule has 1 unspecified atom stereocenters. The lowest BCUT2D eigenvalue weighted by Crippen LogP contribution is -2.03. The van der Waals surface area contributed by atoms with Crippen LogP contribution in [0.3, 0.4) is 0 Å². The van der Waals surface area contributed by atoms with E-state index < -0.39 is 6.36 Å². The van der Waals surface area contributed by atoms with Crippen molar-refractivity contribution in [3.8, 4) is 5.75 Å². The Morgan fingerprint density at radius 2 is 2.17 bits per heavy atom. The van der Waals surface area contributed by atoms with E-state index in [1.165, 1.54) is 6.92 Å². The first-order valence-corrected chi connectivity index (χ1v) is 4.24. The number of hydrogen-bond donors (Lipinski definition) is 1. The summed E-state index contributed by atoms with van der Waals surface area (Å²) in [6, 6.07) is 4.95. The molecule has 66 valence electrons. The van der Waals surface area contributed by atoms with Gasteiger partial charge in [-0.1, -0.05) is 15.9 Å². The first-order chi connectivity index (χ1) is 5.58. The molecule has 2 nitrogen and oxygen atoms in total. The second-order valence-electron chi connectivity index (χ2n) is 2.38. The summed E-state index contributed by atoms with van der Waals surface area (Å²) >= 11 is 3.22. The lowest BCUT2D eigenvalue weighted by Gasteiger charge is -2.07. The van der Waals surface area contributed by atoms with E-state index in [1.54, 1.807) is 18.2 Å². The van der Waals surface area contributed by atoms with E-state index in [4.69, 9.17) is 10.5 Å². The SMILES string of the molecule is CC(F)Oc1cc(N)cc(Br)c1. The van der Waals surface area contributed by atoms with Gasteiger partial charge >= 0.3 is 0 Å². The van der Waals surface area contributed by atoms with E-state index >= 15 is 0 Å². The number of halogens is 2. The summed E-state index contributed by atoms with van der Waals surface area (Å²) in [4.78, 5) is 0. The highest BCUT2D eigenvalue weighted by molar-refractivity contribution is 9.10. The molecule has 12 heavy (non-hydrogen) atoms. The topological polar surface area (TPSA) is 35.2 Å². The number of alkyl halides is 1. The fourth-order valence-electron chi connectivity index (χ4n) is 0.840. The van der Waals surface area contributed by atoms with Gasteiger partial charge in [-0.15, -0.1) is 0 Å². The fourth-order valence-corrected chi connectivity index (χ4v) is 1.33. The van der Waals surface area contributed by atoms with E-state index in [0.717, 1.165) is 4.47 Å². The van der Waals surface area contributed by atoms with Crippen molar-refractivity contribution < 1.29 is 9.13 Å². The van der Waals surface area contributed by atoms with Crippen molar-refractivity contribution in [2.24, 2.45) is 0 Å². The molecular weight excluding hydrogens is 225 g/mol. The standard InChI is InChI=1S/C8H9BrFNO/c1-5(10)12-8-3-6(9)2-7(11)4-8/h2-5H,11H2,1H3. The highest BCUT2D eigenvalue weighted by atomic mass is 79.9. The van der Waals surface area contributed by atoms with Crippen LogP contribution >= 0.6 is 15.9 Å². The zero-order valence-corrected chi connectivity index (χ0v) is 8.14. The first-order valence-electron chi connectivity index (χ1n) is 3.45. The molecule has 0 radical (unpaired) electrons. The van der Waals surface area contributed by atoms with Crippen molar-refractivity contribution in [1.29, 1.82) is 0 Å². The summed E-state index contributed by atoms with van der Waals surface area (Å²) in [6.45, 7) is 1.32. The van der Waals surface area contributed by atoms with Gasteiger partial charge in [-0.3, -0.25) is 0 Å². The Kier molecular flexibility index (Phi) is 2.92. The van der Waals surface area contributed by atoms with Crippen LogP contribution in [-0.4, -0.2) is 6.36 Å². The van der Waals surface area contributed by atoms with Crippen LogP contribution in [0.2, 0.25) is 0 Å². The van der Waals surface area contributed by atoms with Crippen molar-refractivity contribution in [1.82, 2.24) is 0 Å². The van der Waals surface area contributed by atoms with Crippen molar-refractivity contribution in [3.63, 3.8) is 0 Å². The van der Waals surface area contributed by atoms with Gasteiger partial charge < -0.3 is 10.5 Å². The summed E-state index contributed by atoms with van der Waals surface area (Å²) in [5.41, 5.74) is 6.04. The maximum atomic E-state index is 12.4. The Morgan fingerprint density at radius 3 is 2.67 bits per heavy atom. The van der Waals surface area contributed by atoms with E-state index in [9.17, 15) is 4.39 Å². The van der Waals surface area contributed by atoms with Crippen LogP contribution in [0.25, 0.3) is 0 Å². The van der Waals surface area contributed by atoms with Crippen molar-refractivity contribution in [2.75, 3.05) is 5.73 Å². The number of nitrogens with two attached hydrogens (primary N) is 1. The molecule has 4 heteroatoms. The zero-order chi connectivity index (χ0) is 9.14. The van der Waals surface area contributed by atoms with Gasteiger partial charge in [0.25, 0.3) is 0 Å². The largest absolute Gasteiger partial charge is 0.461 e. The smallest absolute Gasteiger partial charge is 0.235 e. The minimum Gasteiger partial charge on any atom is -0.461 e. The Balaban J connectivity index is 2.85. The van der Waals surface area contributed by atoms with Gasteiger partial charge in [-0.05, 0) is 12.1 Å². The van der Waals surface area contributed by atoms with E-state index in [0.29, 0.717) is 11.4 Å². The van der Waals surface area contributed by atoms with Crippen LogP contribution < -0.4 is 10.5 Å². The molecule has 0 saturated heterocycles. The van der Waals surface area contributed by atoms with Crippen LogP contribution in [0.1, 0.15) is 6.92 Å². The van der Waals surface area contributed by atoms with Crippen LogP contribution in [-0.2, 0) is 0 Å². The van der Waals surface area contributed by atoms with E-state index in [-0.39, 0.29) is 0 Å². The molecule has 0 bridgehead atoms. The Bertz CT molecular complexity index is 258. The molecule has 0 aliphatic heterocycles. The summed E-state index contributed by atoms with van der Waals surface area (Å²) in [6.07, 6.45) is -1.32. The monoisotopic (exact) mass is 233 g/mol. The maximum Gasteiger partial charge on any atom is 0.235 e. The number of benzene rings is 1. The van der Waals surface area contributed by atoms with Gasteiger partial charge in [-0.2, -0.15) is 0 Å². The lowest BCUT2D eigenvalue weighted by molar-refractivity contribution is 0.0861. The average Bonchev–Trinajstić information content (AvgIpc) is 1.81. The minimum absolute atomic E-state index is 0.428. The maximum absolute atomic E-state index is 12.4. The number of anilines is 1. The third-order valence-corrected chi connectivity index (χ3v) is 1.65. The van der Waals surface area contributed by atoms with E-state index in [1.807, 2.05) is 0 Å².